The Morgan fingerprint density at radius 1 is 1.35 bits per heavy atom. The summed E-state index contributed by atoms with van der Waals surface area (Å²) in [4.78, 5) is 27.2. The van der Waals surface area contributed by atoms with Crippen LogP contribution in [0.5, 0.6) is 0 Å². The molecular weight excluding hydrogens is 256 g/mol. The predicted octanol–water partition coefficient (Wildman–Crippen LogP) is 1.30. The zero-order chi connectivity index (χ0) is 14.3. The normalized spacial score (nSPS) is 20.6. The van der Waals surface area contributed by atoms with Crippen LogP contribution in [0.15, 0.2) is 24.3 Å². The van der Waals surface area contributed by atoms with Gasteiger partial charge in [0.15, 0.2) is 0 Å². The van der Waals surface area contributed by atoms with Crippen LogP contribution < -0.4 is 4.90 Å². The van der Waals surface area contributed by atoms with Gasteiger partial charge in [-0.1, -0.05) is 18.2 Å². The molecule has 1 atom stereocenters. The summed E-state index contributed by atoms with van der Waals surface area (Å²) in [5.41, 5.74) is 1.68. The van der Waals surface area contributed by atoms with Crippen molar-refractivity contribution in [3.63, 3.8) is 0 Å². The van der Waals surface area contributed by atoms with Gasteiger partial charge in [-0.2, -0.15) is 0 Å². The van der Waals surface area contributed by atoms with Gasteiger partial charge in [0.2, 0.25) is 5.91 Å². The third-order valence-corrected chi connectivity index (χ3v) is 4.17. The van der Waals surface area contributed by atoms with Crippen LogP contribution in [0.2, 0.25) is 0 Å². The number of likely N-dealkylation sites (N-methyl/N-ethyl adjacent to an activating group) is 1. The monoisotopic (exact) mass is 274 g/mol. The molecule has 0 bridgehead atoms. The molecule has 1 unspecified atom stereocenters. The minimum Gasteiger partial charge on any atom is -0.481 e. The topological polar surface area (TPSA) is 60.9 Å². The van der Waals surface area contributed by atoms with Crippen molar-refractivity contribution in [2.45, 2.75) is 24.8 Å². The molecule has 0 radical (unpaired) electrons. The summed E-state index contributed by atoms with van der Waals surface area (Å²) < 4.78 is 0. The second-order valence-electron chi connectivity index (χ2n) is 5.57. The first-order valence-corrected chi connectivity index (χ1v) is 6.90. The van der Waals surface area contributed by atoms with Crippen molar-refractivity contribution in [3.05, 3.63) is 29.8 Å². The van der Waals surface area contributed by atoms with Crippen LogP contribution in [-0.2, 0) is 9.59 Å². The number of aliphatic carboxylic acids is 1. The maximum Gasteiger partial charge on any atom is 0.312 e. The Morgan fingerprint density at radius 3 is 2.70 bits per heavy atom. The number of carboxylic acids is 1. The predicted molar refractivity (Wildman–Crippen MR) is 74.8 cm³/mol. The Morgan fingerprint density at radius 2 is 2.05 bits per heavy atom. The average molecular weight is 274 g/mol. The molecule has 1 fully saturated rings. The maximum atomic E-state index is 12.2. The fourth-order valence-electron chi connectivity index (χ4n) is 2.79. The highest BCUT2D eigenvalue weighted by Gasteiger charge is 2.36. The summed E-state index contributed by atoms with van der Waals surface area (Å²) >= 11 is 0. The number of fused-ring (bicyclic) bond motifs is 1. The number of nitrogens with zero attached hydrogens (tertiary/aromatic N) is 2. The van der Waals surface area contributed by atoms with E-state index in [1.54, 1.807) is 4.90 Å². The first kappa shape index (κ1) is 13.0. The molecule has 106 valence electrons. The van der Waals surface area contributed by atoms with Crippen molar-refractivity contribution >= 4 is 17.6 Å². The van der Waals surface area contributed by atoms with Gasteiger partial charge >= 0.3 is 5.97 Å². The molecule has 1 saturated carbocycles. The van der Waals surface area contributed by atoms with Gasteiger partial charge < -0.3 is 14.9 Å². The molecular formula is C15H18N2O3. The zero-order valence-corrected chi connectivity index (χ0v) is 11.5. The van der Waals surface area contributed by atoms with Crippen LogP contribution in [0.1, 0.15) is 24.3 Å². The summed E-state index contributed by atoms with van der Waals surface area (Å²) in [6.07, 6.45) is 2.16. The van der Waals surface area contributed by atoms with Crippen molar-refractivity contribution < 1.29 is 14.7 Å². The molecule has 0 aromatic heterocycles. The lowest BCUT2D eigenvalue weighted by atomic mass is 10.0. The number of carbonyl (C=O) groups excluding carboxylic acids is 1. The third kappa shape index (κ3) is 2.24. The van der Waals surface area contributed by atoms with E-state index in [-0.39, 0.29) is 12.5 Å². The van der Waals surface area contributed by atoms with Gasteiger partial charge in [-0.15, -0.1) is 0 Å². The summed E-state index contributed by atoms with van der Waals surface area (Å²) in [5.74, 6) is -1.30. The largest absolute Gasteiger partial charge is 0.481 e. The van der Waals surface area contributed by atoms with Crippen LogP contribution in [0.25, 0.3) is 0 Å². The van der Waals surface area contributed by atoms with Gasteiger partial charge in [-0.05, 0) is 24.5 Å². The number of benzene rings is 1. The molecule has 0 spiro atoms. The lowest BCUT2D eigenvalue weighted by Gasteiger charge is -2.23. The number of hydrogen-bond acceptors (Lipinski definition) is 3. The molecule has 1 N–H and O–H groups in total. The van der Waals surface area contributed by atoms with Crippen LogP contribution >= 0.6 is 0 Å². The Balaban J connectivity index is 1.77. The van der Waals surface area contributed by atoms with Gasteiger partial charge in [0.05, 0.1) is 6.54 Å². The van der Waals surface area contributed by atoms with Crippen LogP contribution in [0, 0.1) is 0 Å². The number of rotatable bonds is 4. The van der Waals surface area contributed by atoms with Crippen LogP contribution in [-0.4, -0.2) is 48.1 Å². The van der Waals surface area contributed by atoms with E-state index in [9.17, 15) is 14.7 Å². The number of anilines is 1. The van der Waals surface area contributed by atoms with Gasteiger partial charge in [0, 0.05) is 25.3 Å². The molecule has 5 heteroatoms. The SMILES string of the molecule is CN(C(=O)CN1CC(C(=O)O)c2ccccc21)C1CC1. The van der Waals surface area contributed by atoms with E-state index in [1.165, 1.54) is 0 Å². The van der Waals surface area contributed by atoms with Crippen LogP contribution in [0.4, 0.5) is 5.69 Å². The van der Waals surface area contributed by atoms with E-state index in [0.717, 1.165) is 24.1 Å². The van der Waals surface area contributed by atoms with E-state index in [0.29, 0.717) is 12.6 Å². The van der Waals surface area contributed by atoms with E-state index in [4.69, 9.17) is 0 Å². The first-order valence-electron chi connectivity index (χ1n) is 6.90. The first-order chi connectivity index (χ1) is 9.58. The summed E-state index contributed by atoms with van der Waals surface area (Å²) in [7, 11) is 1.83. The van der Waals surface area contributed by atoms with Gasteiger partial charge in [0.25, 0.3) is 0 Å². The molecule has 1 heterocycles. The third-order valence-electron chi connectivity index (χ3n) is 4.17. The van der Waals surface area contributed by atoms with Gasteiger partial charge in [-0.3, -0.25) is 9.59 Å². The molecule has 3 rings (SSSR count). The zero-order valence-electron chi connectivity index (χ0n) is 11.5. The van der Waals surface area contributed by atoms with Gasteiger partial charge in [-0.25, -0.2) is 0 Å². The minimum atomic E-state index is -0.831. The fourth-order valence-corrected chi connectivity index (χ4v) is 2.79. The van der Waals surface area contributed by atoms with Crippen molar-refractivity contribution in [2.75, 3.05) is 25.0 Å². The van der Waals surface area contributed by atoms with E-state index >= 15 is 0 Å². The molecule has 1 aromatic carbocycles. The summed E-state index contributed by atoms with van der Waals surface area (Å²) in [6, 6.07) is 7.84. The lowest BCUT2D eigenvalue weighted by molar-refractivity contribution is -0.138. The lowest BCUT2D eigenvalue weighted by Crippen LogP contribution is -2.39. The molecule has 1 aliphatic heterocycles. The second kappa shape index (κ2) is 4.81. The van der Waals surface area contributed by atoms with E-state index < -0.39 is 11.9 Å². The van der Waals surface area contributed by atoms with Crippen molar-refractivity contribution in [2.24, 2.45) is 0 Å². The standard InChI is InChI=1S/C15H18N2O3/c1-16(10-6-7-10)14(18)9-17-8-12(15(19)20)11-4-2-3-5-13(11)17/h2-5,10,12H,6-9H2,1H3,(H,19,20). The molecule has 20 heavy (non-hydrogen) atoms. The maximum absolute atomic E-state index is 12.2. The molecule has 5 nitrogen and oxygen atoms in total. The van der Waals surface area contributed by atoms with E-state index in [2.05, 4.69) is 0 Å². The summed E-state index contributed by atoms with van der Waals surface area (Å²) in [5, 5.41) is 9.30. The Hall–Kier alpha value is -2.04. The highest BCUT2D eigenvalue weighted by Crippen LogP contribution is 2.36. The number of carboxylic acid groups (broad SMARTS) is 1. The second-order valence-corrected chi connectivity index (χ2v) is 5.57. The Labute approximate surface area is 117 Å². The number of carbonyl (C=O) groups is 2. The molecule has 0 saturated heterocycles. The van der Waals surface area contributed by atoms with Crippen LogP contribution in [0.3, 0.4) is 0 Å². The van der Waals surface area contributed by atoms with Crippen molar-refractivity contribution in [1.82, 2.24) is 4.90 Å². The van der Waals surface area contributed by atoms with E-state index in [1.807, 2.05) is 36.2 Å². The quantitative estimate of drug-likeness (QED) is 0.899. The molecule has 1 aromatic rings. The molecule has 1 aliphatic carbocycles. The number of hydrogen-bond donors (Lipinski definition) is 1. The smallest absolute Gasteiger partial charge is 0.312 e. The summed E-state index contributed by atoms with van der Waals surface area (Å²) in [6.45, 7) is 0.632. The molecule has 2 aliphatic rings. The highest BCUT2D eigenvalue weighted by atomic mass is 16.4. The van der Waals surface area contributed by atoms with Crippen molar-refractivity contribution in [3.8, 4) is 0 Å². The Kier molecular flexibility index (Phi) is 3.12. The number of para-hydroxylation sites is 1. The fraction of sp³-hybridized carbons (Fsp3) is 0.467. The average Bonchev–Trinajstić information content (AvgIpc) is 3.21. The minimum absolute atomic E-state index is 0.0633. The Bertz CT molecular complexity index is 554. The van der Waals surface area contributed by atoms with Gasteiger partial charge in [0.1, 0.15) is 5.92 Å². The van der Waals surface area contributed by atoms with Crippen molar-refractivity contribution in [1.29, 1.82) is 0 Å². The molecule has 1 amide bonds. The highest BCUT2D eigenvalue weighted by molar-refractivity contribution is 5.87. The number of amides is 1.